The van der Waals surface area contributed by atoms with E-state index in [2.05, 4.69) is 25.4 Å². The summed E-state index contributed by atoms with van der Waals surface area (Å²) in [5, 5.41) is 8.48. The number of hydrogen-bond acceptors (Lipinski definition) is 9. The molecule has 1 aliphatic heterocycles. The van der Waals surface area contributed by atoms with E-state index >= 15 is 0 Å². The van der Waals surface area contributed by atoms with Crippen molar-refractivity contribution < 1.29 is 18.3 Å². The Hall–Kier alpha value is -4.36. The van der Waals surface area contributed by atoms with E-state index in [9.17, 15) is 18.4 Å². The number of nitrogens with one attached hydrogen (secondary N) is 1. The van der Waals surface area contributed by atoms with Crippen LogP contribution in [0, 0.1) is 11.6 Å². The Labute approximate surface area is 215 Å². The fourth-order valence-corrected chi connectivity index (χ4v) is 4.29. The molecule has 3 aromatic heterocycles. The summed E-state index contributed by atoms with van der Waals surface area (Å²) in [6, 6.07) is 1.86. The molecule has 200 valence electrons. The number of piperazine rings is 1. The monoisotopic (exact) mass is 527 g/mol. The third kappa shape index (κ3) is 4.93. The molecule has 1 aromatic carbocycles. The van der Waals surface area contributed by atoms with Gasteiger partial charge >= 0.3 is 6.09 Å². The number of benzene rings is 1. The Morgan fingerprint density at radius 1 is 1.11 bits per heavy atom. The number of carbonyl (C=O) groups excluding carboxylic acids is 1. The van der Waals surface area contributed by atoms with Crippen molar-refractivity contribution in [3.63, 3.8) is 0 Å². The average molecular weight is 528 g/mol. The second kappa shape index (κ2) is 9.84. The van der Waals surface area contributed by atoms with E-state index in [0.29, 0.717) is 11.5 Å². The molecule has 0 bridgehead atoms. The maximum atomic E-state index is 14.7. The topological polar surface area (TPSA) is 123 Å². The molecule has 4 heterocycles. The summed E-state index contributed by atoms with van der Waals surface area (Å²) in [4.78, 5) is 40.3. The molecule has 5 rings (SSSR count). The second-order valence-electron chi connectivity index (χ2n) is 9.80. The zero-order valence-electron chi connectivity index (χ0n) is 21.2. The van der Waals surface area contributed by atoms with Gasteiger partial charge in [0.1, 0.15) is 40.3 Å². The van der Waals surface area contributed by atoms with Gasteiger partial charge in [0.15, 0.2) is 11.5 Å². The van der Waals surface area contributed by atoms with Crippen LogP contribution in [0.25, 0.3) is 16.6 Å². The van der Waals surface area contributed by atoms with E-state index in [1.54, 1.807) is 47.6 Å². The normalized spacial score (nSPS) is 14.3. The Balaban J connectivity index is 1.43. The first-order valence-electron chi connectivity index (χ1n) is 12.1. The molecule has 0 radical (unpaired) electrons. The molecule has 1 aliphatic rings. The maximum absolute atomic E-state index is 14.7. The van der Waals surface area contributed by atoms with Gasteiger partial charge in [-0.15, -0.1) is 0 Å². The van der Waals surface area contributed by atoms with E-state index in [4.69, 9.17) is 4.74 Å². The molecule has 38 heavy (non-hydrogen) atoms. The Morgan fingerprint density at radius 2 is 1.84 bits per heavy atom. The highest BCUT2D eigenvalue weighted by molar-refractivity contribution is 5.79. The van der Waals surface area contributed by atoms with Crippen LogP contribution in [0.5, 0.6) is 0 Å². The molecule has 12 nitrogen and oxygen atoms in total. The third-order valence-electron chi connectivity index (χ3n) is 6.00. The molecule has 0 atom stereocenters. The number of ether oxygens (including phenoxy) is 1. The van der Waals surface area contributed by atoms with Gasteiger partial charge in [0.25, 0.3) is 5.56 Å². The number of aromatic nitrogens is 6. The number of halogens is 2. The van der Waals surface area contributed by atoms with E-state index in [0.717, 1.165) is 12.1 Å². The minimum Gasteiger partial charge on any atom is -0.444 e. The van der Waals surface area contributed by atoms with Crippen LogP contribution < -0.4 is 15.9 Å². The van der Waals surface area contributed by atoms with E-state index < -0.39 is 34.3 Å². The van der Waals surface area contributed by atoms with Crippen LogP contribution in [0.4, 0.5) is 19.4 Å². The van der Waals surface area contributed by atoms with E-state index in [1.807, 2.05) is 0 Å². The molecule has 4 aromatic rings. The first-order valence-corrected chi connectivity index (χ1v) is 12.1. The number of rotatable bonds is 5. The minimum atomic E-state index is -0.854. The highest BCUT2D eigenvalue weighted by Gasteiger charge is 2.28. The van der Waals surface area contributed by atoms with E-state index in [1.165, 1.54) is 11.0 Å². The number of anilines is 1. The molecule has 0 aliphatic carbocycles. The molecular weight excluding hydrogens is 500 g/mol. The molecule has 1 saturated heterocycles. The quantitative estimate of drug-likeness (QED) is 0.415. The van der Waals surface area contributed by atoms with Crippen LogP contribution >= 0.6 is 0 Å². The van der Waals surface area contributed by atoms with Gasteiger partial charge < -0.3 is 20.0 Å². The highest BCUT2D eigenvalue weighted by atomic mass is 19.1. The summed E-state index contributed by atoms with van der Waals surface area (Å²) in [6.07, 6.45) is 4.38. The molecule has 1 fully saturated rings. The van der Waals surface area contributed by atoms with Crippen molar-refractivity contribution in [2.45, 2.75) is 32.8 Å². The van der Waals surface area contributed by atoms with Gasteiger partial charge in [-0.3, -0.25) is 4.79 Å². The number of imidazole rings is 1. The Morgan fingerprint density at radius 3 is 2.58 bits per heavy atom. The van der Waals surface area contributed by atoms with Crippen molar-refractivity contribution in [3.05, 3.63) is 58.7 Å². The Kier molecular flexibility index (Phi) is 6.55. The highest BCUT2D eigenvalue weighted by Crippen LogP contribution is 2.18. The molecule has 1 amide bonds. The fourth-order valence-electron chi connectivity index (χ4n) is 4.29. The SMILES string of the molecule is CC(C)(C)OC(=O)N1CCN(n2c(CCNc3ncnn4ccnc34)nc3c(F)ccc(F)c3c2=O)CC1. The fraction of sp³-hybridized carbons (Fsp3) is 0.417. The summed E-state index contributed by atoms with van der Waals surface area (Å²) in [7, 11) is 0. The van der Waals surface area contributed by atoms with Crippen molar-refractivity contribution in [1.29, 1.82) is 0 Å². The predicted octanol–water partition coefficient (Wildman–Crippen LogP) is 1.96. The van der Waals surface area contributed by atoms with Gasteiger partial charge in [0, 0.05) is 38.4 Å². The second-order valence-corrected chi connectivity index (χ2v) is 9.80. The van der Waals surface area contributed by atoms with Crippen molar-refractivity contribution >= 4 is 28.5 Å². The van der Waals surface area contributed by atoms with Crippen LogP contribution in [0.3, 0.4) is 0 Å². The van der Waals surface area contributed by atoms with Crippen molar-refractivity contribution in [2.75, 3.05) is 43.0 Å². The Bertz CT molecular complexity index is 1560. The lowest BCUT2D eigenvalue weighted by molar-refractivity contribution is 0.0231. The van der Waals surface area contributed by atoms with Gasteiger partial charge in [-0.05, 0) is 32.9 Å². The summed E-state index contributed by atoms with van der Waals surface area (Å²) in [6.45, 7) is 6.72. The average Bonchev–Trinajstić information content (AvgIpc) is 3.35. The van der Waals surface area contributed by atoms with Gasteiger partial charge in [0.2, 0.25) is 0 Å². The maximum Gasteiger partial charge on any atom is 0.410 e. The number of nitrogens with zero attached hydrogens (tertiary/aromatic N) is 8. The summed E-state index contributed by atoms with van der Waals surface area (Å²) in [5.74, 6) is -0.932. The number of carbonyl (C=O) groups is 1. The van der Waals surface area contributed by atoms with Crippen molar-refractivity contribution in [1.82, 2.24) is 34.1 Å². The molecule has 1 N–H and O–H groups in total. The van der Waals surface area contributed by atoms with Crippen molar-refractivity contribution in [2.24, 2.45) is 0 Å². The van der Waals surface area contributed by atoms with Gasteiger partial charge in [-0.25, -0.2) is 37.7 Å². The first-order chi connectivity index (χ1) is 18.1. The van der Waals surface area contributed by atoms with Gasteiger partial charge in [-0.1, -0.05) is 0 Å². The summed E-state index contributed by atoms with van der Waals surface area (Å²) >= 11 is 0. The smallest absolute Gasteiger partial charge is 0.410 e. The lowest BCUT2D eigenvalue weighted by Gasteiger charge is -2.37. The minimum absolute atomic E-state index is 0.185. The zero-order valence-corrected chi connectivity index (χ0v) is 21.2. The van der Waals surface area contributed by atoms with Crippen LogP contribution in [0.2, 0.25) is 0 Å². The predicted molar refractivity (Wildman–Crippen MR) is 135 cm³/mol. The third-order valence-corrected chi connectivity index (χ3v) is 6.00. The molecule has 0 spiro atoms. The number of amides is 1. The van der Waals surface area contributed by atoms with Crippen LogP contribution in [-0.4, -0.2) is 78.6 Å². The summed E-state index contributed by atoms with van der Waals surface area (Å²) in [5.41, 5.74) is -1.17. The number of hydrogen-bond donors (Lipinski definition) is 1. The van der Waals surface area contributed by atoms with Crippen molar-refractivity contribution in [3.8, 4) is 0 Å². The van der Waals surface area contributed by atoms with Crippen LogP contribution in [0.15, 0.2) is 35.6 Å². The molecule has 0 saturated carbocycles. The lowest BCUT2D eigenvalue weighted by Crippen LogP contribution is -2.56. The lowest BCUT2D eigenvalue weighted by atomic mass is 10.2. The van der Waals surface area contributed by atoms with Gasteiger partial charge in [-0.2, -0.15) is 5.10 Å². The van der Waals surface area contributed by atoms with Gasteiger partial charge in [0.05, 0.1) is 13.1 Å². The first kappa shape index (κ1) is 25.3. The molecule has 14 heteroatoms. The largest absolute Gasteiger partial charge is 0.444 e. The molecule has 0 unspecified atom stereocenters. The van der Waals surface area contributed by atoms with Crippen LogP contribution in [0.1, 0.15) is 26.6 Å². The number of fused-ring (bicyclic) bond motifs is 2. The standard InChI is InChI=1S/C24H27F2N9O3/c1-24(2,3)38-23(37)32-10-12-33(13-11-32)35-17(31-19-16(26)5-4-15(25)18(19)22(35)36)6-7-27-20-21-28-8-9-34(21)30-14-29-20/h4-5,8-9,14H,6-7,10-13H2,1-3H3,(H,27,29,30). The summed E-state index contributed by atoms with van der Waals surface area (Å²) < 4.78 is 37.6. The van der Waals surface area contributed by atoms with Crippen LogP contribution in [-0.2, 0) is 11.2 Å². The molecular formula is C24H27F2N9O3. The zero-order chi connectivity index (χ0) is 27.0. The van der Waals surface area contributed by atoms with E-state index in [-0.39, 0.29) is 50.5 Å².